The predicted molar refractivity (Wildman–Crippen MR) is 54.0 cm³/mol. The van der Waals surface area contributed by atoms with E-state index in [9.17, 15) is 9.90 Å². The maximum atomic E-state index is 10.5. The summed E-state index contributed by atoms with van der Waals surface area (Å²) >= 11 is 0. The van der Waals surface area contributed by atoms with Crippen molar-refractivity contribution in [2.45, 2.75) is 18.2 Å². The molecule has 0 saturated heterocycles. The van der Waals surface area contributed by atoms with Gasteiger partial charge in [-0.2, -0.15) is 0 Å². The van der Waals surface area contributed by atoms with Crippen molar-refractivity contribution < 1.29 is 19.7 Å². The van der Waals surface area contributed by atoms with Gasteiger partial charge in [-0.1, -0.05) is 12.2 Å². The molecule has 1 atom stereocenters. The minimum Gasteiger partial charge on any atom is -0.480 e. The highest BCUT2D eigenvalue weighted by Crippen LogP contribution is 2.21. The third-order valence-electron chi connectivity index (χ3n) is 2.33. The summed E-state index contributed by atoms with van der Waals surface area (Å²) in [5.74, 6) is -2.47. The number of carboxylic acids is 1. The molecule has 0 aromatic rings. The Morgan fingerprint density at radius 2 is 2.13 bits per heavy atom. The molecule has 0 aromatic carbocycles. The number of hydrogen-bond donors (Lipinski definition) is 3. The van der Waals surface area contributed by atoms with Crippen molar-refractivity contribution in [3.05, 3.63) is 24.3 Å². The van der Waals surface area contributed by atoms with E-state index in [1.807, 2.05) is 0 Å². The molecule has 0 unspecified atom stereocenters. The van der Waals surface area contributed by atoms with Gasteiger partial charge in [-0.3, -0.25) is 4.79 Å². The minimum atomic E-state index is -1.37. The van der Waals surface area contributed by atoms with E-state index >= 15 is 0 Å². The van der Waals surface area contributed by atoms with Gasteiger partial charge in [-0.05, 0) is 24.5 Å². The van der Waals surface area contributed by atoms with Crippen LogP contribution >= 0.6 is 0 Å². The SMILES string of the molecule is COC1(O)C=CC(C[C@@H](N)C(=O)O)C=C1. The average molecular weight is 213 g/mol. The van der Waals surface area contributed by atoms with Gasteiger partial charge < -0.3 is 20.7 Å². The Hall–Kier alpha value is -1.17. The van der Waals surface area contributed by atoms with Crippen LogP contribution in [0, 0.1) is 5.92 Å². The number of aliphatic hydroxyl groups is 1. The molecule has 1 rings (SSSR count). The van der Waals surface area contributed by atoms with Crippen molar-refractivity contribution in [2.24, 2.45) is 11.7 Å². The van der Waals surface area contributed by atoms with Gasteiger partial charge in [-0.25, -0.2) is 0 Å². The van der Waals surface area contributed by atoms with E-state index in [0.717, 1.165) is 0 Å². The first kappa shape index (κ1) is 11.9. The minimum absolute atomic E-state index is 0.0773. The van der Waals surface area contributed by atoms with E-state index in [1.165, 1.54) is 19.3 Å². The molecule has 1 aliphatic rings. The van der Waals surface area contributed by atoms with Crippen LogP contribution in [0.25, 0.3) is 0 Å². The molecule has 0 saturated carbocycles. The summed E-state index contributed by atoms with van der Waals surface area (Å²) in [5, 5.41) is 18.2. The number of carbonyl (C=O) groups is 1. The van der Waals surface area contributed by atoms with Crippen LogP contribution in [0.3, 0.4) is 0 Å². The number of hydrogen-bond acceptors (Lipinski definition) is 4. The van der Waals surface area contributed by atoms with E-state index in [4.69, 9.17) is 15.6 Å². The van der Waals surface area contributed by atoms with Crippen LogP contribution in [0.2, 0.25) is 0 Å². The van der Waals surface area contributed by atoms with Crippen molar-refractivity contribution in [1.82, 2.24) is 0 Å². The Labute approximate surface area is 87.8 Å². The molecule has 0 spiro atoms. The summed E-state index contributed by atoms with van der Waals surface area (Å²) < 4.78 is 4.81. The molecule has 0 fully saturated rings. The lowest BCUT2D eigenvalue weighted by atomic mass is 9.94. The largest absolute Gasteiger partial charge is 0.480 e. The fraction of sp³-hybridized carbons (Fsp3) is 0.500. The molecule has 1 aliphatic carbocycles. The monoisotopic (exact) mass is 213 g/mol. The molecule has 0 aromatic heterocycles. The van der Waals surface area contributed by atoms with Gasteiger partial charge in [-0.15, -0.1) is 0 Å². The van der Waals surface area contributed by atoms with E-state index in [-0.39, 0.29) is 5.92 Å². The molecule has 5 heteroatoms. The summed E-state index contributed by atoms with van der Waals surface area (Å²) in [6, 6.07) is -0.891. The van der Waals surface area contributed by atoms with Crippen molar-refractivity contribution in [3.8, 4) is 0 Å². The Kier molecular flexibility index (Phi) is 3.62. The number of methoxy groups -OCH3 is 1. The van der Waals surface area contributed by atoms with Crippen molar-refractivity contribution in [3.63, 3.8) is 0 Å². The van der Waals surface area contributed by atoms with Gasteiger partial charge in [0.2, 0.25) is 5.79 Å². The molecule has 15 heavy (non-hydrogen) atoms. The lowest BCUT2D eigenvalue weighted by Crippen LogP contribution is -2.33. The Balaban J connectivity index is 2.54. The fourth-order valence-corrected chi connectivity index (χ4v) is 1.33. The Morgan fingerprint density at radius 1 is 1.60 bits per heavy atom. The Morgan fingerprint density at radius 3 is 2.53 bits per heavy atom. The first-order chi connectivity index (χ1) is 6.97. The van der Waals surface area contributed by atoms with Gasteiger partial charge in [0.25, 0.3) is 0 Å². The van der Waals surface area contributed by atoms with Gasteiger partial charge in [0.1, 0.15) is 6.04 Å². The quantitative estimate of drug-likeness (QED) is 0.446. The second-order valence-electron chi connectivity index (χ2n) is 3.52. The van der Waals surface area contributed by atoms with E-state index in [1.54, 1.807) is 12.2 Å². The lowest BCUT2D eigenvalue weighted by molar-refractivity contribution is -0.138. The number of carboxylic acid groups (broad SMARTS) is 1. The average Bonchev–Trinajstić information content (AvgIpc) is 2.21. The summed E-state index contributed by atoms with van der Waals surface area (Å²) in [6.07, 6.45) is 6.64. The molecular formula is C10H15NO4. The summed E-state index contributed by atoms with van der Waals surface area (Å²) in [5.41, 5.74) is 5.39. The summed E-state index contributed by atoms with van der Waals surface area (Å²) in [7, 11) is 1.39. The van der Waals surface area contributed by atoms with Crippen LogP contribution in [0.1, 0.15) is 6.42 Å². The lowest BCUT2D eigenvalue weighted by Gasteiger charge is -2.24. The van der Waals surface area contributed by atoms with Crippen LogP contribution in [0.15, 0.2) is 24.3 Å². The predicted octanol–water partition coefficient (Wildman–Crippen LogP) is -0.134. The van der Waals surface area contributed by atoms with Gasteiger partial charge >= 0.3 is 5.97 Å². The number of rotatable bonds is 4. The zero-order valence-electron chi connectivity index (χ0n) is 8.46. The van der Waals surface area contributed by atoms with Gasteiger partial charge in [0.05, 0.1) is 0 Å². The van der Waals surface area contributed by atoms with E-state index < -0.39 is 17.8 Å². The molecule has 0 radical (unpaired) electrons. The number of allylic oxidation sites excluding steroid dienone is 2. The van der Waals surface area contributed by atoms with Crippen LogP contribution in [-0.4, -0.2) is 35.1 Å². The number of ether oxygens (including phenoxy) is 1. The van der Waals surface area contributed by atoms with Crippen LogP contribution in [0.4, 0.5) is 0 Å². The molecule has 4 N–H and O–H groups in total. The molecule has 0 aliphatic heterocycles. The van der Waals surface area contributed by atoms with E-state index in [2.05, 4.69) is 0 Å². The highest BCUT2D eigenvalue weighted by Gasteiger charge is 2.24. The first-order valence-electron chi connectivity index (χ1n) is 4.61. The van der Waals surface area contributed by atoms with Crippen molar-refractivity contribution in [1.29, 1.82) is 0 Å². The standard InChI is InChI=1S/C10H15NO4/c1-15-10(14)4-2-7(3-5-10)6-8(11)9(12)13/h2-5,7-8,14H,6,11H2,1H3,(H,12,13)/t7?,8-,10?/m1/s1. The van der Waals surface area contributed by atoms with Crippen LogP contribution in [-0.2, 0) is 9.53 Å². The molecule has 5 nitrogen and oxygen atoms in total. The van der Waals surface area contributed by atoms with E-state index in [0.29, 0.717) is 6.42 Å². The third kappa shape index (κ3) is 3.16. The second-order valence-corrected chi connectivity index (χ2v) is 3.52. The third-order valence-corrected chi connectivity index (χ3v) is 2.33. The summed E-state index contributed by atoms with van der Waals surface area (Å²) in [6.45, 7) is 0. The maximum Gasteiger partial charge on any atom is 0.320 e. The number of nitrogens with two attached hydrogens (primary N) is 1. The fourth-order valence-electron chi connectivity index (χ4n) is 1.33. The smallest absolute Gasteiger partial charge is 0.320 e. The van der Waals surface area contributed by atoms with Crippen molar-refractivity contribution >= 4 is 5.97 Å². The van der Waals surface area contributed by atoms with Crippen molar-refractivity contribution in [2.75, 3.05) is 7.11 Å². The molecule has 0 amide bonds. The zero-order valence-corrected chi connectivity index (χ0v) is 8.46. The molecular weight excluding hydrogens is 198 g/mol. The van der Waals surface area contributed by atoms with Gasteiger partial charge in [0.15, 0.2) is 0 Å². The highest BCUT2D eigenvalue weighted by molar-refractivity contribution is 5.73. The normalized spacial score (nSPS) is 31.5. The molecule has 84 valence electrons. The van der Waals surface area contributed by atoms with Gasteiger partial charge in [0, 0.05) is 7.11 Å². The van der Waals surface area contributed by atoms with Crippen LogP contribution in [0.5, 0.6) is 0 Å². The zero-order chi connectivity index (χ0) is 11.5. The topological polar surface area (TPSA) is 92.8 Å². The molecule has 0 bridgehead atoms. The summed E-state index contributed by atoms with van der Waals surface area (Å²) in [4.78, 5) is 10.5. The maximum absolute atomic E-state index is 10.5. The first-order valence-corrected chi connectivity index (χ1v) is 4.61. The molecule has 0 heterocycles. The highest BCUT2D eigenvalue weighted by atomic mass is 16.6. The Bertz CT molecular complexity index is 284. The number of aliphatic carboxylic acids is 1. The second kappa shape index (κ2) is 4.57. The van der Waals surface area contributed by atoms with Crippen LogP contribution < -0.4 is 5.73 Å².